The zero-order valence-corrected chi connectivity index (χ0v) is 13.0. The minimum absolute atomic E-state index is 0.146. The summed E-state index contributed by atoms with van der Waals surface area (Å²) in [7, 11) is 0. The number of hydrogen-bond acceptors (Lipinski definition) is 3. The van der Waals surface area contributed by atoms with E-state index in [1.165, 1.54) is 5.56 Å². The van der Waals surface area contributed by atoms with Crippen LogP contribution in [-0.4, -0.2) is 12.1 Å². The third-order valence-corrected chi connectivity index (χ3v) is 3.14. The molecule has 110 valence electrons. The number of furan rings is 1. The zero-order chi connectivity index (χ0) is 14.6. The molecule has 0 bridgehead atoms. The monoisotopic (exact) mass is 275 g/mol. The second-order valence-electron chi connectivity index (χ2n) is 6.08. The van der Waals surface area contributed by atoms with E-state index in [0.29, 0.717) is 6.61 Å². The molecular formula is C17H25NO2. The van der Waals surface area contributed by atoms with Crippen molar-refractivity contribution in [3.05, 3.63) is 35.6 Å². The van der Waals surface area contributed by atoms with Crippen molar-refractivity contribution in [1.82, 2.24) is 5.32 Å². The van der Waals surface area contributed by atoms with Crippen molar-refractivity contribution in [2.75, 3.05) is 6.54 Å². The molecule has 0 aliphatic carbocycles. The van der Waals surface area contributed by atoms with E-state index in [-0.39, 0.29) is 5.60 Å². The highest BCUT2D eigenvalue weighted by molar-refractivity contribution is 5.82. The Kier molecular flexibility index (Phi) is 4.84. The molecule has 2 aromatic rings. The Hall–Kier alpha value is -1.32. The molecule has 2 rings (SSSR count). The average molecular weight is 275 g/mol. The van der Waals surface area contributed by atoms with Gasteiger partial charge < -0.3 is 14.5 Å². The van der Waals surface area contributed by atoms with Crippen LogP contribution in [-0.2, 0) is 17.9 Å². The summed E-state index contributed by atoms with van der Waals surface area (Å²) in [6, 6.07) is 8.16. The highest BCUT2D eigenvalue weighted by Crippen LogP contribution is 2.27. The minimum atomic E-state index is -0.146. The van der Waals surface area contributed by atoms with Crippen LogP contribution in [0.2, 0.25) is 0 Å². The quantitative estimate of drug-likeness (QED) is 0.800. The molecule has 0 radical (unpaired) electrons. The number of hydrogen-bond donors (Lipinski definition) is 1. The number of rotatable bonds is 6. The fourth-order valence-electron chi connectivity index (χ4n) is 2.12. The molecule has 0 spiro atoms. The van der Waals surface area contributed by atoms with Gasteiger partial charge in [0.1, 0.15) is 11.3 Å². The van der Waals surface area contributed by atoms with Gasteiger partial charge in [-0.15, -0.1) is 0 Å². The van der Waals surface area contributed by atoms with E-state index in [4.69, 9.17) is 9.15 Å². The van der Waals surface area contributed by atoms with Gasteiger partial charge in [0.15, 0.2) is 0 Å². The van der Waals surface area contributed by atoms with Crippen molar-refractivity contribution < 1.29 is 9.15 Å². The van der Waals surface area contributed by atoms with Crippen LogP contribution in [0.15, 0.2) is 28.7 Å². The van der Waals surface area contributed by atoms with Crippen molar-refractivity contribution in [2.24, 2.45) is 0 Å². The van der Waals surface area contributed by atoms with E-state index in [1.54, 1.807) is 0 Å². The SMILES string of the molecule is CCCNCc1oc2ccccc2c1COC(C)(C)C. The van der Waals surface area contributed by atoms with Crippen LogP contribution >= 0.6 is 0 Å². The molecule has 0 saturated heterocycles. The smallest absolute Gasteiger partial charge is 0.134 e. The van der Waals surface area contributed by atoms with Gasteiger partial charge in [0.2, 0.25) is 0 Å². The average Bonchev–Trinajstić information content (AvgIpc) is 2.73. The molecule has 0 fully saturated rings. The molecule has 1 aromatic heterocycles. The van der Waals surface area contributed by atoms with E-state index < -0.39 is 0 Å². The normalized spacial score (nSPS) is 12.2. The molecule has 0 atom stereocenters. The first-order valence-corrected chi connectivity index (χ1v) is 7.35. The summed E-state index contributed by atoms with van der Waals surface area (Å²) in [5.41, 5.74) is 1.96. The van der Waals surface area contributed by atoms with Gasteiger partial charge in [0.05, 0.1) is 18.8 Å². The zero-order valence-electron chi connectivity index (χ0n) is 13.0. The Balaban J connectivity index is 2.24. The summed E-state index contributed by atoms with van der Waals surface area (Å²) in [6.07, 6.45) is 1.12. The topological polar surface area (TPSA) is 34.4 Å². The summed E-state index contributed by atoms with van der Waals surface area (Å²) in [5, 5.41) is 4.56. The molecule has 0 aliphatic heterocycles. The maximum absolute atomic E-state index is 5.97. The van der Waals surface area contributed by atoms with Gasteiger partial charge in [-0.2, -0.15) is 0 Å². The van der Waals surface area contributed by atoms with Crippen LogP contribution in [0.4, 0.5) is 0 Å². The molecule has 0 unspecified atom stereocenters. The fraction of sp³-hybridized carbons (Fsp3) is 0.529. The first-order valence-electron chi connectivity index (χ1n) is 7.35. The highest BCUT2D eigenvalue weighted by Gasteiger charge is 2.17. The molecule has 0 saturated carbocycles. The number of fused-ring (bicyclic) bond motifs is 1. The minimum Gasteiger partial charge on any atom is -0.459 e. The Morgan fingerprint density at radius 3 is 2.65 bits per heavy atom. The molecular weight excluding hydrogens is 250 g/mol. The van der Waals surface area contributed by atoms with Gasteiger partial charge >= 0.3 is 0 Å². The first-order chi connectivity index (χ1) is 9.51. The van der Waals surface area contributed by atoms with Gasteiger partial charge in [0, 0.05) is 10.9 Å². The van der Waals surface area contributed by atoms with Crippen LogP contribution < -0.4 is 5.32 Å². The van der Waals surface area contributed by atoms with Gasteiger partial charge in [-0.1, -0.05) is 25.1 Å². The number of ether oxygens (including phenoxy) is 1. The molecule has 1 aromatic carbocycles. The van der Waals surface area contributed by atoms with Crippen LogP contribution in [0, 0.1) is 0 Å². The third-order valence-electron chi connectivity index (χ3n) is 3.14. The molecule has 1 heterocycles. The molecule has 20 heavy (non-hydrogen) atoms. The van der Waals surface area contributed by atoms with Crippen LogP contribution in [0.5, 0.6) is 0 Å². The Labute approximate surface area is 121 Å². The highest BCUT2D eigenvalue weighted by atomic mass is 16.5. The second kappa shape index (κ2) is 6.42. The lowest BCUT2D eigenvalue weighted by Crippen LogP contribution is -2.20. The summed E-state index contributed by atoms with van der Waals surface area (Å²) in [4.78, 5) is 0. The van der Waals surface area contributed by atoms with Crippen molar-refractivity contribution in [2.45, 2.75) is 52.9 Å². The standard InChI is InChI=1S/C17H25NO2/c1-5-10-18-11-16-14(12-19-17(2,3)4)13-8-6-7-9-15(13)20-16/h6-9,18H,5,10-12H2,1-4H3. The summed E-state index contributed by atoms with van der Waals surface area (Å²) >= 11 is 0. The predicted molar refractivity (Wildman–Crippen MR) is 82.8 cm³/mol. The van der Waals surface area contributed by atoms with E-state index in [2.05, 4.69) is 39.1 Å². The van der Waals surface area contributed by atoms with E-state index in [1.807, 2.05) is 18.2 Å². The number of nitrogens with one attached hydrogen (secondary N) is 1. The van der Waals surface area contributed by atoms with Crippen LogP contribution in [0.3, 0.4) is 0 Å². The lowest BCUT2D eigenvalue weighted by Gasteiger charge is -2.19. The lowest BCUT2D eigenvalue weighted by atomic mass is 10.1. The maximum Gasteiger partial charge on any atom is 0.134 e. The van der Waals surface area contributed by atoms with Crippen LogP contribution in [0.1, 0.15) is 45.4 Å². The van der Waals surface area contributed by atoms with E-state index in [9.17, 15) is 0 Å². The summed E-state index contributed by atoms with van der Waals surface area (Å²) < 4.78 is 11.9. The second-order valence-corrected chi connectivity index (χ2v) is 6.08. The Bertz CT molecular complexity index is 552. The third kappa shape index (κ3) is 3.84. The van der Waals surface area contributed by atoms with Crippen molar-refractivity contribution in [3.63, 3.8) is 0 Å². The van der Waals surface area contributed by atoms with Crippen molar-refractivity contribution in [3.8, 4) is 0 Å². The molecule has 0 aliphatic rings. The summed E-state index contributed by atoms with van der Waals surface area (Å²) in [6.45, 7) is 10.7. The lowest BCUT2D eigenvalue weighted by molar-refractivity contribution is -0.0151. The van der Waals surface area contributed by atoms with Gasteiger partial charge in [0.25, 0.3) is 0 Å². The maximum atomic E-state index is 5.97. The predicted octanol–water partition coefficient (Wildman–Crippen LogP) is 4.25. The van der Waals surface area contributed by atoms with Crippen LogP contribution in [0.25, 0.3) is 11.0 Å². The molecule has 3 nitrogen and oxygen atoms in total. The van der Waals surface area contributed by atoms with Gasteiger partial charge in [-0.05, 0) is 39.8 Å². The van der Waals surface area contributed by atoms with Gasteiger partial charge in [-0.3, -0.25) is 0 Å². The molecule has 0 amide bonds. The largest absolute Gasteiger partial charge is 0.459 e. The van der Waals surface area contributed by atoms with E-state index >= 15 is 0 Å². The number of para-hydroxylation sites is 1. The first kappa shape index (κ1) is 15.1. The van der Waals surface area contributed by atoms with Gasteiger partial charge in [-0.25, -0.2) is 0 Å². The Morgan fingerprint density at radius 2 is 1.95 bits per heavy atom. The van der Waals surface area contributed by atoms with Crippen molar-refractivity contribution >= 4 is 11.0 Å². The molecule has 3 heteroatoms. The Morgan fingerprint density at radius 1 is 1.20 bits per heavy atom. The van der Waals surface area contributed by atoms with E-state index in [0.717, 1.165) is 36.2 Å². The fourth-order valence-corrected chi connectivity index (χ4v) is 2.12. The molecule has 1 N–H and O–H groups in total. The van der Waals surface area contributed by atoms with Crippen molar-refractivity contribution in [1.29, 1.82) is 0 Å². The number of benzene rings is 1. The summed E-state index contributed by atoms with van der Waals surface area (Å²) in [5.74, 6) is 0.990.